The number of benzene rings is 1. The van der Waals surface area contributed by atoms with E-state index in [9.17, 15) is 14.7 Å². The highest BCUT2D eigenvalue weighted by molar-refractivity contribution is 6.08. The summed E-state index contributed by atoms with van der Waals surface area (Å²) in [5.74, 6) is -0.868. The molecular formula is C15H13NO4. The fourth-order valence-electron chi connectivity index (χ4n) is 2.39. The molecule has 1 atom stereocenters. The van der Waals surface area contributed by atoms with Gasteiger partial charge in [0.1, 0.15) is 0 Å². The second-order valence-corrected chi connectivity index (χ2v) is 4.94. The van der Waals surface area contributed by atoms with E-state index < -0.39 is 17.3 Å². The van der Waals surface area contributed by atoms with Crippen LogP contribution in [0.5, 0.6) is 0 Å². The maximum absolute atomic E-state index is 12.1. The number of hydrogen-bond donors (Lipinski definition) is 2. The third-order valence-corrected chi connectivity index (χ3v) is 3.46. The molecule has 1 aromatic heterocycles. The molecular weight excluding hydrogens is 258 g/mol. The fraction of sp³-hybridized carbons (Fsp3) is 0.200. The first-order valence-electron chi connectivity index (χ1n) is 6.22. The number of ketones is 1. The highest BCUT2D eigenvalue weighted by Gasteiger charge is 2.47. The van der Waals surface area contributed by atoms with Crippen molar-refractivity contribution in [2.45, 2.75) is 18.9 Å². The second-order valence-electron chi connectivity index (χ2n) is 4.94. The van der Waals surface area contributed by atoms with E-state index in [0.29, 0.717) is 11.3 Å². The van der Waals surface area contributed by atoms with Crippen molar-refractivity contribution >= 4 is 17.4 Å². The molecule has 0 saturated heterocycles. The molecule has 5 nitrogen and oxygen atoms in total. The van der Waals surface area contributed by atoms with E-state index in [0.717, 1.165) is 5.56 Å². The van der Waals surface area contributed by atoms with Gasteiger partial charge in [0.2, 0.25) is 5.78 Å². The maximum atomic E-state index is 12.1. The second kappa shape index (κ2) is 4.31. The van der Waals surface area contributed by atoms with Crippen LogP contribution in [0.25, 0.3) is 0 Å². The quantitative estimate of drug-likeness (QED) is 0.837. The number of carbonyl (C=O) groups excluding carboxylic acids is 2. The average Bonchev–Trinajstić information content (AvgIpc) is 3.00. The summed E-state index contributed by atoms with van der Waals surface area (Å²) in [6.45, 7) is 1.86. The van der Waals surface area contributed by atoms with Crippen LogP contribution < -0.4 is 5.32 Å². The Kier molecular flexibility index (Phi) is 2.72. The van der Waals surface area contributed by atoms with Crippen LogP contribution >= 0.6 is 0 Å². The zero-order valence-corrected chi connectivity index (χ0v) is 10.8. The third kappa shape index (κ3) is 1.83. The van der Waals surface area contributed by atoms with Crippen LogP contribution in [0.1, 0.15) is 28.1 Å². The summed E-state index contributed by atoms with van der Waals surface area (Å²) >= 11 is 0. The number of carbonyl (C=O) groups is 2. The average molecular weight is 271 g/mol. The predicted molar refractivity (Wildman–Crippen MR) is 71.4 cm³/mol. The van der Waals surface area contributed by atoms with Crippen LogP contribution in [-0.4, -0.2) is 16.8 Å². The lowest BCUT2D eigenvalue weighted by atomic mass is 9.88. The van der Waals surface area contributed by atoms with Gasteiger partial charge >= 0.3 is 0 Å². The molecule has 1 aliphatic heterocycles. The molecule has 0 fully saturated rings. The summed E-state index contributed by atoms with van der Waals surface area (Å²) in [7, 11) is 0. The number of amides is 1. The monoisotopic (exact) mass is 271 g/mol. The van der Waals surface area contributed by atoms with Gasteiger partial charge in [-0.15, -0.1) is 0 Å². The summed E-state index contributed by atoms with van der Waals surface area (Å²) in [4.78, 5) is 24.1. The van der Waals surface area contributed by atoms with Crippen molar-refractivity contribution in [2.75, 3.05) is 5.32 Å². The summed E-state index contributed by atoms with van der Waals surface area (Å²) in [6.07, 6.45) is 1.03. The van der Waals surface area contributed by atoms with Gasteiger partial charge in [-0.1, -0.05) is 17.7 Å². The molecule has 0 spiro atoms. The van der Waals surface area contributed by atoms with Crippen LogP contribution in [0.3, 0.4) is 0 Å². The SMILES string of the molecule is Cc1ccc2c(c1)C(O)(CC(=O)c1ccco1)C(=O)N2. The molecule has 0 bridgehead atoms. The molecule has 1 amide bonds. The van der Waals surface area contributed by atoms with Crippen LogP contribution in [0.2, 0.25) is 0 Å². The van der Waals surface area contributed by atoms with Crippen LogP contribution in [0.4, 0.5) is 5.69 Å². The number of rotatable bonds is 3. The van der Waals surface area contributed by atoms with Crippen LogP contribution in [-0.2, 0) is 10.4 Å². The van der Waals surface area contributed by atoms with E-state index in [-0.39, 0.29) is 12.2 Å². The van der Waals surface area contributed by atoms with Crippen molar-refractivity contribution in [2.24, 2.45) is 0 Å². The van der Waals surface area contributed by atoms with Gasteiger partial charge in [0, 0.05) is 11.3 Å². The number of nitrogens with one attached hydrogen (secondary N) is 1. The van der Waals surface area contributed by atoms with Gasteiger partial charge in [-0.25, -0.2) is 0 Å². The first kappa shape index (κ1) is 12.6. The summed E-state index contributed by atoms with van der Waals surface area (Å²) < 4.78 is 5.01. The first-order valence-corrected chi connectivity index (χ1v) is 6.22. The summed E-state index contributed by atoms with van der Waals surface area (Å²) in [5, 5.41) is 13.2. The van der Waals surface area contributed by atoms with Crippen molar-refractivity contribution in [3.63, 3.8) is 0 Å². The summed E-state index contributed by atoms with van der Waals surface area (Å²) in [6, 6.07) is 8.36. The molecule has 20 heavy (non-hydrogen) atoms. The highest BCUT2D eigenvalue weighted by Crippen LogP contribution is 2.39. The summed E-state index contributed by atoms with van der Waals surface area (Å²) in [5.41, 5.74) is 0.0347. The van der Waals surface area contributed by atoms with Gasteiger partial charge in [0.25, 0.3) is 5.91 Å². The van der Waals surface area contributed by atoms with E-state index in [2.05, 4.69) is 5.32 Å². The van der Waals surface area contributed by atoms with Crippen LogP contribution in [0.15, 0.2) is 41.0 Å². The molecule has 3 rings (SSSR count). The molecule has 2 N–H and O–H groups in total. The molecule has 0 aliphatic carbocycles. The fourth-order valence-corrected chi connectivity index (χ4v) is 2.39. The van der Waals surface area contributed by atoms with Gasteiger partial charge in [-0.3, -0.25) is 9.59 Å². The number of Topliss-reactive ketones (excluding diaryl/α,β-unsaturated/α-hetero) is 1. The number of furan rings is 1. The Labute approximate surface area is 115 Å². The van der Waals surface area contributed by atoms with E-state index >= 15 is 0 Å². The Morgan fingerprint density at radius 1 is 1.40 bits per heavy atom. The molecule has 5 heteroatoms. The number of aliphatic hydroxyl groups is 1. The van der Waals surface area contributed by atoms with Crippen molar-refractivity contribution in [1.29, 1.82) is 0 Å². The van der Waals surface area contributed by atoms with Gasteiger partial charge in [-0.2, -0.15) is 0 Å². The Balaban J connectivity index is 1.98. The zero-order valence-electron chi connectivity index (χ0n) is 10.8. The normalized spacial score (nSPS) is 20.6. The largest absolute Gasteiger partial charge is 0.461 e. The lowest BCUT2D eigenvalue weighted by molar-refractivity contribution is -0.133. The lowest BCUT2D eigenvalue weighted by Crippen LogP contribution is -2.36. The molecule has 2 heterocycles. The maximum Gasteiger partial charge on any atom is 0.261 e. The topological polar surface area (TPSA) is 79.5 Å². The molecule has 1 aliphatic rings. The van der Waals surface area contributed by atoms with Crippen molar-refractivity contribution in [1.82, 2.24) is 0 Å². The minimum Gasteiger partial charge on any atom is -0.461 e. The number of hydrogen-bond acceptors (Lipinski definition) is 4. The zero-order chi connectivity index (χ0) is 14.3. The lowest BCUT2D eigenvalue weighted by Gasteiger charge is -2.19. The Morgan fingerprint density at radius 3 is 2.90 bits per heavy atom. The van der Waals surface area contributed by atoms with E-state index in [1.54, 1.807) is 18.2 Å². The molecule has 1 unspecified atom stereocenters. The minimum absolute atomic E-state index is 0.132. The minimum atomic E-state index is -1.84. The van der Waals surface area contributed by atoms with Crippen molar-refractivity contribution in [3.05, 3.63) is 53.5 Å². The van der Waals surface area contributed by atoms with Gasteiger partial charge in [0.05, 0.1) is 12.7 Å². The van der Waals surface area contributed by atoms with Gasteiger partial charge in [0.15, 0.2) is 11.4 Å². The van der Waals surface area contributed by atoms with E-state index in [1.165, 1.54) is 12.3 Å². The molecule has 0 saturated carbocycles. The molecule has 2 aromatic rings. The third-order valence-electron chi connectivity index (χ3n) is 3.46. The standard InChI is InChI=1S/C15H13NO4/c1-9-4-5-11-10(7-9)15(19,14(18)16-11)8-12(17)13-3-2-6-20-13/h2-7,19H,8H2,1H3,(H,16,18). The van der Waals surface area contributed by atoms with Gasteiger partial charge in [-0.05, 0) is 25.1 Å². The molecule has 102 valence electrons. The number of anilines is 1. The Bertz CT molecular complexity index is 690. The Hall–Kier alpha value is -2.40. The first-order chi connectivity index (χ1) is 9.50. The van der Waals surface area contributed by atoms with E-state index in [4.69, 9.17) is 4.42 Å². The predicted octanol–water partition coefficient (Wildman–Crippen LogP) is 2.00. The highest BCUT2D eigenvalue weighted by atomic mass is 16.3. The van der Waals surface area contributed by atoms with E-state index in [1.807, 2.05) is 13.0 Å². The van der Waals surface area contributed by atoms with Crippen molar-refractivity contribution in [3.8, 4) is 0 Å². The number of aryl methyl sites for hydroxylation is 1. The Morgan fingerprint density at radius 2 is 2.20 bits per heavy atom. The molecule has 1 aromatic carbocycles. The van der Waals surface area contributed by atoms with Crippen molar-refractivity contribution < 1.29 is 19.1 Å². The molecule has 0 radical (unpaired) electrons. The smallest absolute Gasteiger partial charge is 0.261 e. The van der Waals surface area contributed by atoms with Crippen LogP contribution in [0, 0.1) is 6.92 Å². The number of fused-ring (bicyclic) bond motifs is 1. The van der Waals surface area contributed by atoms with Gasteiger partial charge < -0.3 is 14.8 Å².